The predicted octanol–water partition coefficient (Wildman–Crippen LogP) is 2.73. The molecule has 0 unspecified atom stereocenters. The second-order valence-electron chi connectivity index (χ2n) is 8.13. The number of likely N-dealkylation sites (tertiary alicyclic amines) is 1. The van der Waals surface area contributed by atoms with Crippen LogP contribution >= 0.6 is 11.6 Å². The molecule has 1 saturated heterocycles. The molecule has 3 fully saturated rings. The topological polar surface area (TPSA) is 75.7 Å². The van der Waals surface area contributed by atoms with Gasteiger partial charge in [0.25, 0.3) is 0 Å². The zero-order chi connectivity index (χ0) is 19.6. The number of amides is 3. The molecule has 3 amide bonds. The summed E-state index contributed by atoms with van der Waals surface area (Å²) in [6, 6.07) is 4.95. The number of methoxy groups -OCH3 is 1. The molecule has 0 spiro atoms. The average molecular weight is 401 g/mol. The lowest BCUT2D eigenvalue weighted by molar-refractivity contribution is -0.140. The van der Waals surface area contributed by atoms with Crippen molar-refractivity contribution in [3.8, 4) is 5.75 Å². The Labute approximate surface area is 167 Å². The summed E-state index contributed by atoms with van der Waals surface area (Å²) in [5.74, 6) is 1.11. The first kappa shape index (κ1) is 17.7. The number of imide groups is 1. The lowest BCUT2D eigenvalue weighted by Gasteiger charge is -2.37. The van der Waals surface area contributed by atoms with E-state index in [2.05, 4.69) is 17.5 Å². The number of ether oxygens (including phenoxy) is 1. The van der Waals surface area contributed by atoms with Crippen molar-refractivity contribution in [3.05, 3.63) is 35.4 Å². The third-order valence-corrected chi connectivity index (χ3v) is 6.99. The molecule has 1 N–H and O–H groups in total. The van der Waals surface area contributed by atoms with Crippen molar-refractivity contribution in [2.24, 2.45) is 35.5 Å². The van der Waals surface area contributed by atoms with Crippen molar-refractivity contribution in [2.45, 2.75) is 12.8 Å². The molecule has 146 valence electrons. The van der Waals surface area contributed by atoms with Crippen LogP contribution in [-0.4, -0.2) is 36.3 Å². The number of benzene rings is 1. The summed E-state index contributed by atoms with van der Waals surface area (Å²) < 4.78 is 5.22. The Morgan fingerprint density at radius 2 is 1.82 bits per heavy atom. The molecule has 7 heteroatoms. The van der Waals surface area contributed by atoms with E-state index in [1.165, 1.54) is 12.0 Å². The molecule has 2 saturated carbocycles. The van der Waals surface area contributed by atoms with Gasteiger partial charge in [-0.25, -0.2) is 0 Å². The molecule has 1 aromatic rings. The zero-order valence-corrected chi connectivity index (χ0v) is 16.2. The van der Waals surface area contributed by atoms with Crippen LogP contribution in [0.15, 0.2) is 30.4 Å². The number of hydrogen-bond donors (Lipinski definition) is 1. The molecule has 2 bridgehead atoms. The number of anilines is 1. The first-order chi connectivity index (χ1) is 13.5. The van der Waals surface area contributed by atoms with E-state index >= 15 is 0 Å². The van der Waals surface area contributed by atoms with Crippen molar-refractivity contribution in [1.29, 1.82) is 0 Å². The minimum absolute atomic E-state index is 0.0439. The lowest BCUT2D eigenvalue weighted by atomic mass is 9.63. The normalized spacial score (nSPS) is 34.3. The Morgan fingerprint density at radius 3 is 2.43 bits per heavy atom. The molecule has 1 aromatic carbocycles. The van der Waals surface area contributed by atoms with Gasteiger partial charge in [-0.05, 0) is 48.3 Å². The van der Waals surface area contributed by atoms with E-state index in [0.29, 0.717) is 28.3 Å². The lowest BCUT2D eigenvalue weighted by Crippen LogP contribution is -2.40. The Hall–Kier alpha value is -2.34. The van der Waals surface area contributed by atoms with Gasteiger partial charge in [0.1, 0.15) is 5.75 Å². The van der Waals surface area contributed by atoms with E-state index in [1.807, 2.05) is 0 Å². The van der Waals surface area contributed by atoms with Crippen molar-refractivity contribution in [3.63, 3.8) is 0 Å². The smallest absolute Gasteiger partial charge is 0.233 e. The summed E-state index contributed by atoms with van der Waals surface area (Å²) in [6.07, 6.45) is 5.47. The molecule has 1 heterocycles. The summed E-state index contributed by atoms with van der Waals surface area (Å²) in [5.41, 5.74) is 0.468. The fourth-order valence-electron chi connectivity index (χ4n) is 5.44. The van der Waals surface area contributed by atoms with Gasteiger partial charge in [-0.15, -0.1) is 0 Å². The third kappa shape index (κ3) is 2.58. The molecule has 28 heavy (non-hydrogen) atoms. The quantitative estimate of drug-likeness (QED) is 0.609. The third-order valence-electron chi connectivity index (χ3n) is 6.75. The van der Waals surface area contributed by atoms with Crippen LogP contribution in [0.3, 0.4) is 0 Å². The van der Waals surface area contributed by atoms with Gasteiger partial charge < -0.3 is 10.1 Å². The maximum Gasteiger partial charge on any atom is 0.233 e. The van der Waals surface area contributed by atoms with Crippen molar-refractivity contribution < 1.29 is 19.1 Å². The summed E-state index contributed by atoms with van der Waals surface area (Å²) in [4.78, 5) is 39.6. The van der Waals surface area contributed by atoms with E-state index in [-0.39, 0.29) is 54.4 Å². The van der Waals surface area contributed by atoms with Crippen molar-refractivity contribution in [1.82, 2.24) is 4.90 Å². The van der Waals surface area contributed by atoms with Crippen molar-refractivity contribution in [2.75, 3.05) is 19.0 Å². The number of rotatable bonds is 5. The van der Waals surface area contributed by atoms with Crippen LogP contribution in [0, 0.1) is 35.5 Å². The zero-order valence-electron chi connectivity index (χ0n) is 15.4. The second kappa shape index (κ2) is 6.34. The molecule has 0 aromatic heterocycles. The predicted molar refractivity (Wildman–Crippen MR) is 103 cm³/mol. The Balaban J connectivity index is 1.25. The van der Waals surface area contributed by atoms with Gasteiger partial charge in [-0.1, -0.05) is 23.8 Å². The van der Waals surface area contributed by atoms with Gasteiger partial charge >= 0.3 is 0 Å². The number of carbonyl (C=O) groups excluding carboxylic acids is 3. The van der Waals surface area contributed by atoms with Crippen LogP contribution in [0.5, 0.6) is 5.75 Å². The summed E-state index contributed by atoms with van der Waals surface area (Å²) in [7, 11) is 1.51. The monoisotopic (exact) mass is 400 g/mol. The maximum atomic E-state index is 12.9. The molecular formula is C21H21ClN2O4. The number of carbonyl (C=O) groups is 3. The van der Waals surface area contributed by atoms with Gasteiger partial charge in [0, 0.05) is 18.0 Å². The fraction of sp³-hybridized carbons (Fsp3) is 0.476. The van der Waals surface area contributed by atoms with Crippen LogP contribution < -0.4 is 10.1 Å². The second-order valence-corrected chi connectivity index (χ2v) is 8.56. The van der Waals surface area contributed by atoms with Crippen LogP contribution in [-0.2, 0) is 14.4 Å². The maximum absolute atomic E-state index is 12.9. The van der Waals surface area contributed by atoms with E-state index in [1.54, 1.807) is 18.2 Å². The van der Waals surface area contributed by atoms with Crippen molar-refractivity contribution >= 4 is 35.0 Å². The number of halogens is 1. The highest BCUT2D eigenvalue weighted by Crippen LogP contribution is 2.65. The van der Waals surface area contributed by atoms with Gasteiger partial charge in [0.2, 0.25) is 17.7 Å². The molecule has 6 atom stereocenters. The molecule has 0 radical (unpaired) electrons. The van der Waals surface area contributed by atoms with E-state index in [4.69, 9.17) is 16.3 Å². The van der Waals surface area contributed by atoms with Crippen LogP contribution in [0.2, 0.25) is 5.02 Å². The summed E-state index contributed by atoms with van der Waals surface area (Å²) in [5, 5.41) is 3.23. The molecule has 5 aliphatic rings. The standard InChI is InChI=1S/C21H21ClN2O4/c1-28-16-5-2-10(22)8-15(16)23-17(25)6-7-24-20(26)18-11-3-4-12(14-9-13(11)14)19(18)21(24)27/h2-5,8,11-14,18-19H,6-7,9H2,1H3,(H,23,25)/t11-,12+,13-,14-,18+,19+/m1/s1. The number of allylic oxidation sites excluding steroid dienone is 2. The van der Waals surface area contributed by atoms with Gasteiger partial charge in [0.05, 0.1) is 24.6 Å². The van der Waals surface area contributed by atoms with E-state index in [0.717, 1.165) is 6.42 Å². The number of nitrogens with zero attached hydrogens (tertiary/aromatic N) is 1. The summed E-state index contributed by atoms with van der Waals surface area (Å²) in [6.45, 7) is 0.105. The van der Waals surface area contributed by atoms with Crippen LogP contribution in [0.25, 0.3) is 0 Å². The number of nitrogens with one attached hydrogen (secondary N) is 1. The van der Waals surface area contributed by atoms with Gasteiger partial charge in [0.15, 0.2) is 0 Å². The first-order valence-electron chi connectivity index (χ1n) is 9.66. The minimum atomic E-state index is -0.292. The molecule has 4 aliphatic carbocycles. The number of hydrogen-bond acceptors (Lipinski definition) is 4. The van der Waals surface area contributed by atoms with Gasteiger partial charge in [-0.3, -0.25) is 19.3 Å². The SMILES string of the molecule is COc1ccc(Cl)cc1NC(=O)CCN1C(=O)[C@H]2[C@@H]3C=C[C@@H]([C@H]4C[C@H]34)[C@@H]2C1=O. The molecule has 1 aliphatic heterocycles. The van der Waals surface area contributed by atoms with Gasteiger partial charge in [-0.2, -0.15) is 0 Å². The molecular weight excluding hydrogens is 380 g/mol. The molecule has 6 nitrogen and oxygen atoms in total. The summed E-state index contributed by atoms with van der Waals surface area (Å²) >= 11 is 5.98. The minimum Gasteiger partial charge on any atom is -0.495 e. The highest BCUT2D eigenvalue weighted by atomic mass is 35.5. The first-order valence-corrected chi connectivity index (χ1v) is 10.0. The average Bonchev–Trinajstić information content (AvgIpc) is 3.46. The highest BCUT2D eigenvalue weighted by Gasteiger charge is 2.66. The van der Waals surface area contributed by atoms with Crippen LogP contribution in [0.1, 0.15) is 12.8 Å². The van der Waals surface area contributed by atoms with Crippen LogP contribution in [0.4, 0.5) is 5.69 Å². The largest absolute Gasteiger partial charge is 0.495 e. The van der Waals surface area contributed by atoms with E-state index in [9.17, 15) is 14.4 Å². The fourth-order valence-corrected chi connectivity index (χ4v) is 5.62. The Morgan fingerprint density at radius 1 is 1.18 bits per heavy atom. The Kier molecular flexibility index (Phi) is 4.02. The molecule has 6 rings (SSSR count). The highest BCUT2D eigenvalue weighted by molar-refractivity contribution is 6.31. The Bertz CT molecular complexity index is 878. The van der Waals surface area contributed by atoms with E-state index < -0.39 is 0 Å².